The Kier molecular flexibility index (Phi) is 6.83. The third-order valence-electron chi connectivity index (χ3n) is 6.29. The lowest BCUT2D eigenvalue weighted by molar-refractivity contribution is 0.122. The topological polar surface area (TPSA) is 84.7 Å². The number of rotatable bonds is 7. The summed E-state index contributed by atoms with van der Waals surface area (Å²) in [5.74, 6) is 1.35. The molecule has 0 N–H and O–H groups in total. The highest BCUT2D eigenvalue weighted by molar-refractivity contribution is 7.89. The zero-order chi connectivity index (χ0) is 23.6. The van der Waals surface area contributed by atoms with E-state index in [9.17, 15) is 13.2 Å². The van der Waals surface area contributed by atoms with Crippen molar-refractivity contribution in [2.75, 3.05) is 33.3 Å². The fourth-order valence-electron chi connectivity index (χ4n) is 4.43. The van der Waals surface area contributed by atoms with Crippen molar-refractivity contribution in [2.45, 2.75) is 30.7 Å². The molecule has 1 aliphatic rings. The first-order chi connectivity index (χ1) is 15.9. The van der Waals surface area contributed by atoms with E-state index in [4.69, 9.17) is 9.72 Å². The Morgan fingerprint density at radius 3 is 2.33 bits per heavy atom. The van der Waals surface area contributed by atoms with Gasteiger partial charge in [-0.3, -0.25) is 14.3 Å². The van der Waals surface area contributed by atoms with Gasteiger partial charge in [0.05, 0.1) is 29.0 Å². The first kappa shape index (κ1) is 23.4. The summed E-state index contributed by atoms with van der Waals surface area (Å²) >= 11 is 0. The number of ether oxygens (including phenoxy) is 1. The van der Waals surface area contributed by atoms with E-state index >= 15 is 0 Å². The third-order valence-corrected chi connectivity index (χ3v) is 8.20. The fraction of sp³-hybridized carbons (Fsp3) is 0.417. The molecule has 1 unspecified atom stereocenters. The van der Waals surface area contributed by atoms with Crippen molar-refractivity contribution >= 4 is 20.9 Å². The summed E-state index contributed by atoms with van der Waals surface area (Å²) in [6.07, 6.45) is 1.77. The minimum atomic E-state index is -3.58. The molecular weight excluding hydrogens is 440 g/mol. The highest BCUT2D eigenvalue weighted by atomic mass is 32.2. The van der Waals surface area contributed by atoms with E-state index in [1.807, 2.05) is 18.2 Å². The Bertz CT molecular complexity index is 1280. The second-order valence-corrected chi connectivity index (χ2v) is 10.2. The van der Waals surface area contributed by atoms with E-state index in [0.717, 1.165) is 18.7 Å². The maximum Gasteiger partial charge on any atom is 0.261 e. The number of nitrogens with zero attached hydrogens (tertiary/aromatic N) is 4. The van der Waals surface area contributed by atoms with Gasteiger partial charge in [0.1, 0.15) is 11.6 Å². The fourth-order valence-corrected chi connectivity index (χ4v) is 5.86. The van der Waals surface area contributed by atoms with Crippen molar-refractivity contribution in [3.63, 3.8) is 0 Å². The number of hydrogen-bond acceptors (Lipinski definition) is 6. The number of benzene rings is 2. The summed E-state index contributed by atoms with van der Waals surface area (Å²) in [5.41, 5.74) is 0.634. The van der Waals surface area contributed by atoms with Crippen molar-refractivity contribution < 1.29 is 13.2 Å². The van der Waals surface area contributed by atoms with E-state index in [1.165, 1.54) is 4.31 Å². The van der Waals surface area contributed by atoms with Crippen LogP contribution in [0.5, 0.6) is 5.75 Å². The van der Waals surface area contributed by atoms with Gasteiger partial charge >= 0.3 is 0 Å². The minimum absolute atomic E-state index is 0.0526. The van der Waals surface area contributed by atoms with Crippen LogP contribution in [0, 0.1) is 0 Å². The first-order valence-corrected chi connectivity index (χ1v) is 12.6. The van der Waals surface area contributed by atoms with E-state index in [-0.39, 0.29) is 16.5 Å². The Morgan fingerprint density at radius 1 is 1.03 bits per heavy atom. The number of piperazine rings is 1. The highest BCUT2D eigenvalue weighted by Crippen LogP contribution is 2.28. The van der Waals surface area contributed by atoms with E-state index in [2.05, 4.69) is 11.8 Å². The lowest BCUT2D eigenvalue weighted by atomic mass is 10.1. The van der Waals surface area contributed by atoms with Gasteiger partial charge in [-0.2, -0.15) is 4.31 Å². The molecule has 0 radical (unpaired) electrons. The van der Waals surface area contributed by atoms with Crippen molar-refractivity contribution in [3.8, 4) is 5.75 Å². The molecule has 2 aromatic carbocycles. The molecule has 9 heteroatoms. The second-order valence-electron chi connectivity index (χ2n) is 8.27. The molecule has 1 saturated heterocycles. The third kappa shape index (κ3) is 4.53. The first-order valence-electron chi connectivity index (χ1n) is 11.2. The van der Waals surface area contributed by atoms with E-state index < -0.39 is 10.0 Å². The maximum absolute atomic E-state index is 13.1. The van der Waals surface area contributed by atoms with Crippen LogP contribution in [-0.4, -0.2) is 60.5 Å². The molecule has 0 aliphatic carbocycles. The van der Waals surface area contributed by atoms with Gasteiger partial charge in [-0.05, 0) is 42.8 Å². The maximum atomic E-state index is 13.1. The molecule has 1 aromatic heterocycles. The van der Waals surface area contributed by atoms with Gasteiger partial charge in [0.2, 0.25) is 10.0 Å². The Labute approximate surface area is 194 Å². The number of hydrogen-bond donors (Lipinski definition) is 0. The molecule has 33 heavy (non-hydrogen) atoms. The van der Waals surface area contributed by atoms with Crippen molar-refractivity contribution in [1.29, 1.82) is 0 Å². The average molecular weight is 471 g/mol. The average Bonchev–Trinajstić information content (AvgIpc) is 2.85. The number of aromatic nitrogens is 2. The van der Waals surface area contributed by atoms with Crippen molar-refractivity contribution in [1.82, 2.24) is 18.8 Å². The van der Waals surface area contributed by atoms with Crippen LogP contribution >= 0.6 is 0 Å². The minimum Gasteiger partial charge on any atom is -0.497 e. The lowest BCUT2D eigenvalue weighted by Gasteiger charge is -2.38. The van der Waals surface area contributed by atoms with Crippen LogP contribution in [0.4, 0.5) is 0 Å². The number of methoxy groups -OCH3 is 1. The molecule has 2 heterocycles. The summed E-state index contributed by atoms with van der Waals surface area (Å²) in [7, 11) is -0.257. The summed E-state index contributed by atoms with van der Waals surface area (Å²) < 4.78 is 34.5. The van der Waals surface area contributed by atoms with Gasteiger partial charge in [-0.15, -0.1) is 0 Å². The molecule has 4 rings (SSSR count). The highest BCUT2D eigenvalue weighted by Gasteiger charge is 2.32. The van der Waals surface area contributed by atoms with Crippen LogP contribution in [0.1, 0.15) is 31.6 Å². The van der Waals surface area contributed by atoms with Crippen LogP contribution < -0.4 is 10.3 Å². The van der Waals surface area contributed by atoms with Crippen molar-refractivity contribution in [2.24, 2.45) is 7.05 Å². The number of sulfonamides is 1. The van der Waals surface area contributed by atoms with Crippen molar-refractivity contribution in [3.05, 3.63) is 64.7 Å². The van der Waals surface area contributed by atoms with Gasteiger partial charge in [0.25, 0.3) is 5.56 Å². The molecule has 1 atom stereocenters. The van der Waals surface area contributed by atoms with Gasteiger partial charge in [-0.25, -0.2) is 13.4 Å². The normalized spacial score (nSPS) is 16.7. The summed E-state index contributed by atoms with van der Waals surface area (Å²) in [6.45, 7) is 4.02. The molecule has 3 aromatic rings. The van der Waals surface area contributed by atoms with Gasteiger partial charge < -0.3 is 4.74 Å². The van der Waals surface area contributed by atoms with E-state index in [1.54, 1.807) is 49.1 Å². The number of para-hydroxylation sites is 1. The monoisotopic (exact) mass is 470 g/mol. The number of fused-ring (bicyclic) bond motifs is 1. The van der Waals surface area contributed by atoms with Crippen LogP contribution in [0.25, 0.3) is 10.9 Å². The molecule has 8 nitrogen and oxygen atoms in total. The molecule has 176 valence electrons. The smallest absolute Gasteiger partial charge is 0.261 e. The summed E-state index contributed by atoms with van der Waals surface area (Å²) in [5, 5.41) is 0.606. The molecule has 0 bridgehead atoms. The second kappa shape index (κ2) is 9.62. The molecule has 0 spiro atoms. The molecule has 1 fully saturated rings. The van der Waals surface area contributed by atoms with Gasteiger partial charge in [0.15, 0.2) is 0 Å². The Hall–Kier alpha value is -2.75. The Morgan fingerprint density at radius 2 is 1.70 bits per heavy atom. The summed E-state index contributed by atoms with van der Waals surface area (Å²) in [6, 6.07) is 13.8. The van der Waals surface area contributed by atoms with Gasteiger partial charge in [-0.1, -0.05) is 25.5 Å². The van der Waals surface area contributed by atoms with E-state index in [0.29, 0.717) is 42.8 Å². The predicted octanol–water partition coefficient (Wildman–Crippen LogP) is 2.79. The molecular formula is C24H30N4O4S. The zero-order valence-electron chi connectivity index (χ0n) is 19.3. The van der Waals surface area contributed by atoms with Crippen LogP contribution in [0.15, 0.2) is 58.2 Å². The largest absolute Gasteiger partial charge is 0.497 e. The van der Waals surface area contributed by atoms with Crippen LogP contribution in [0.3, 0.4) is 0 Å². The van der Waals surface area contributed by atoms with Crippen LogP contribution in [0.2, 0.25) is 0 Å². The SMILES string of the molecule is CCCC(c1nc2ccccc2c(=O)n1C)N1CCN(S(=O)(=O)c2ccc(OC)cc2)CC1. The van der Waals surface area contributed by atoms with Gasteiger partial charge in [0, 0.05) is 33.2 Å². The summed E-state index contributed by atoms with van der Waals surface area (Å²) in [4.78, 5) is 20.3. The zero-order valence-corrected chi connectivity index (χ0v) is 20.1. The molecule has 1 aliphatic heterocycles. The molecule has 0 saturated carbocycles. The lowest BCUT2D eigenvalue weighted by Crippen LogP contribution is -2.50. The quantitative estimate of drug-likeness (QED) is 0.528. The predicted molar refractivity (Wildman–Crippen MR) is 128 cm³/mol. The molecule has 0 amide bonds. The Balaban J connectivity index is 1.57. The van der Waals surface area contributed by atoms with Crippen LogP contribution in [-0.2, 0) is 17.1 Å². The standard InChI is InChI=1S/C24H30N4O4S/c1-4-7-22(23-25-21-9-6-5-8-20(21)24(29)26(23)2)27-14-16-28(17-15-27)33(30,31)19-12-10-18(32-3)11-13-19/h5-6,8-13,22H,4,7,14-17H2,1-3H3.